The number of benzene rings is 1. The van der Waals surface area contributed by atoms with E-state index < -0.39 is 0 Å². The largest absolute Gasteiger partial charge is 0.461 e. The van der Waals surface area contributed by atoms with Gasteiger partial charge in [0.2, 0.25) is 5.82 Å². The van der Waals surface area contributed by atoms with E-state index in [0.717, 1.165) is 54.8 Å². The molecular formula is C23H27N5O2S. The molecule has 3 heterocycles. The summed E-state index contributed by atoms with van der Waals surface area (Å²) in [5, 5.41) is 9.42. The normalized spacial score (nSPS) is 14.7. The third kappa shape index (κ3) is 4.91. The molecular weight excluding hydrogens is 410 g/mol. The fourth-order valence-electron chi connectivity index (χ4n) is 3.62. The molecule has 8 heteroatoms. The Balaban J connectivity index is 1.39. The second-order valence-electron chi connectivity index (χ2n) is 7.39. The zero-order valence-electron chi connectivity index (χ0n) is 17.7. The number of thioether (sulfide) groups is 1. The Morgan fingerprint density at radius 2 is 1.94 bits per heavy atom. The number of allylic oxidation sites excluding steroid dienone is 1. The first-order chi connectivity index (χ1) is 15.2. The lowest BCUT2D eigenvalue weighted by Crippen LogP contribution is -2.48. The number of carbonyl (C=O) groups excluding carboxylic acids is 1. The van der Waals surface area contributed by atoms with Crippen molar-refractivity contribution in [1.82, 2.24) is 24.6 Å². The first kappa shape index (κ1) is 21.4. The maximum Gasteiger partial charge on any atom is 0.253 e. The fraction of sp³-hybridized carbons (Fsp3) is 0.348. The van der Waals surface area contributed by atoms with Gasteiger partial charge in [-0.25, -0.2) is 0 Å². The summed E-state index contributed by atoms with van der Waals surface area (Å²) in [6, 6.07) is 11.6. The molecule has 0 spiro atoms. The van der Waals surface area contributed by atoms with Gasteiger partial charge < -0.3 is 14.2 Å². The molecule has 0 aliphatic carbocycles. The van der Waals surface area contributed by atoms with Crippen LogP contribution in [0.15, 0.2) is 64.9 Å². The monoisotopic (exact) mass is 437 g/mol. The number of amides is 1. The fourth-order valence-corrected chi connectivity index (χ4v) is 4.52. The van der Waals surface area contributed by atoms with Gasteiger partial charge in [0.05, 0.1) is 6.26 Å². The molecule has 0 radical (unpaired) electrons. The molecule has 1 aliphatic rings. The number of likely N-dealkylation sites (N-methyl/N-ethyl adjacent to an activating group) is 1. The lowest BCUT2D eigenvalue weighted by Gasteiger charge is -2.34. The third-order valence-corrected chi connectivity index (χ3v) is 6.48. The average Bonchev–Trinajstić information content (AvgIpc) is 3.48. The van der Waals surface area contributed by atoms with Crippen LogP contribution in [0.25, 0.3) is 11.6 Å². The van der Waals surface area contributed by atoms with Gasteiger partial charge in [0.15, 0.2) is 10.9 Å². The topological polar surface area (TPSA) is 67.4 Å². The summed E-state index contributed by atoms with van der Waals surface area (Å²) in [5.74, 6) is 2.22. The Morgan fingerprint density at radius 1 is 1.16 bits per heavy atom. The minimum atomic E-state index is 0.115. The van der Waals surface area contributed by atoms with E-state index >= 15 is 0 Å². The van der Waals surface area contributed by atoms with Crippen LogP contribution in [0.5, 0.6) is 0 Å². The second kappa shape index (κ2) is 9.98. The van der Waals surface area contributed by atoms with Crippen LogP contribution in [0.1, 0.15) is 22.8 Å². The third-order valence-electron chi connectivity index (χ3n) is 5.45. The van der Waals surface area contributed by atoms with Crippen molar-refractivity contribution in [3.63, 3.8) is 0 Å². The minimum Gasteiger partial charge on any atom is -0.461 e. The smallest absolute Gasteiger partial charge is 0.253 e. The SMILES string of the molecule is C=CCn1c(SCc2ccc(C(=O)N3CCN(CC)CC3)cc2)nnc1-c1ccco1. The molecule has 0 N–H and O–H groups in total. The molecule has 0 atom stereocenters. The maximum absolute atomic E-state index is 12.8. The molecule has 7 nitrogen and oxygen atoms in total. The summed E-state index contributed by atoms with van der Waals surface area (Å²) in [5.41, 5.74) is 1.87. The maximum atomic E-state index is 12.8. The van der Waals surface area contributed by atoms with Gasteiger partial charge in [0.1, 0.15) is 0 Å². The summed E-state index contributed by atoms with van der Waals surface area (Å²) in [7, 11) is 0. The minimum absolute atomic E-state index is 0.115. The number of piperazine rings is 1. The molecule has 0 unspecified atom stereocenters. The van der Waals surface area contributed by atoms with E-state index in [1.54, 1.807) is 18.0 Å². The van der Waals surface area contributed by atoms with E-state index in [1.165, 1.54) is 0 Å². The second-order valence-corrected chi connectivity index (χ2v) is 8.34. The van der Waals surface area contributed by atoms with Crippen LogP contribution in [0, 0.1) is 0 Å². The van der Waals surface area contributed by atoms with Crippen molar-refractivity contribution in [3.8, 4) is 11.6 Å². The highest BCUT2D eigenvalue weighted by atomic mass is 32.2. The summed E-state index contributed by atoms with van der Waals surface area (Å²) >= 11 is 1.60. The van der Waals surface area contributed by atoms with E-state index in [2.05, 4.69) is 28.6 Å². The lowest BCUT2D eigenvalue weighted by atomic mass is 10.1. The molecule has 0 bridgehead atoms. The molecule has 4 rings (SSSR count). The van der Waals surface area contributed by atoms with E-state index in [0.29, 0.717) is 18.1 Å². The van der Waals surface area contributed by atoms with Crippen LogP contribution < -0.4 is 0 Å². The summed E-state index contributed by atoms with van der Waals surface area (Å²) in [4.78, 5) is 17.1. The average molecular weight is 438 g/mol. The highest BCUT2D eigenvalue weighted by molar-refractivity contribution is 7.98. The summed E-state index contributed by atoms with van der Waals surface area (Å²) < 4.78 is 7.47. The van der Waals surface area contributed by atoms with E-state index in [-0.39, 0.29) is 5.91 Å². The van der Waals surface area contributed by atoms with Crippen LogP contribution in [0.3, 0.4) is 0 Å². The molecule has 1 fully saturated rings. The van der Waals surface area contributed by atoms with Crippen LogP contribution in [-0.4, -0.2) is 63.2 Å². The number of hydrogen-bond donors (Lipinski definition) is 0. The Bertz CT molecular complexity index is 1010. The molecule has 3 aromatic rings. The first-order valence-electron chi connectivity index (χ1n) is 10.5. The standard InChI is InChI=1S/C23H27N5O2S/c1-3-11-28-21(20-6-5-16-30-20)24-25-23(28)31-17-18-7-9-19(10-8-18)22(29)27-14-12-26(4-2)13-15-27/h3,5-10,16H,1,4,11-15,17H2,2H3. The predicted octanol–water partition coefficient (Wildman–Crippen LogP) is 3.79. The van der Waals surface area contributed by atoms with Crippen molar-refractivity contribution in [2.75, 3.05) is 32.7 Å². The molecule has 1 aliphatic heterocycles. The highest BCUT2D eigenvalue weighted by Gasteiger charge is 2.21. The van der Waals surface area contributed by atoms with Crippen molar-refractivity contribution >= 4 is 17.7 Å². The van der Waals surface area contributed by atoms with Gasteiger partial charge in [-0.15, -0.1) is 16.8 Å². The van der Waals surface area contributed by atoms with E-state index in [1.807, 2.05) is 51.9 Å². The quantitative estimate of drug-likeness (QED) is 0.395. The van der Waals surface area contributed by atoms with Gasteiger partial charge in [0.25, 0.3) is 5.91 Å². The molecule has 0 saturated carbocycles. The van der Waals surface area contributed by atoms with Crippen LogP contribution in [0.4, 0.5) is 0 Å². The van der Waals surface area contributed by atoms with E-state index in [9.17, 15) is 4.79 Å². The number of hydrogen-bond acceptors (Lipinski definition) is 6. The van der Waals surface area contributed by atoms with Crippen molar-refractivity contribution in [3.05, 3.63) is 66.4 Å². The molecule has 1 amide bonds. The number of rotatable bonds is 8. The first-order valence-corrected chi connectivity index (χ1v) is 11.5. The predicted molar refractivity (Wildman–Crippen MR) is 122 cm³/mol. The van der Waals surface area contributed by atoms with Gasteiger partial charge in [-0.1, -0.05) is 36.9 Å². The summed E-state index contributed by atoms with van der Waals surface area (Å²) in [6.07, 6.45) is 3.45. The van der Waals surface area contributed by atoms with E-state index in [4.69, 9.17) is 4.42 Å². The highest BCUT2D eigenvalue weighted by Crippen LogP contribution is 2.27. The van der Waals surface area contributed by atoms with Crippen molar-refractivity contribution in [2.45, 2.75) is 24.4 Å². The number of nitrogens with zero attached hydrogens (tertiary/aromatic N) is 5. The molecule has 1 saturated heterocycles. The molecule has 31 heavy (non-hydrogen) atoms. The number of furan rings is 1. The van der Waals surface area contributed by atoms with Gasteiger partial charge in [-0.3, -0.25) is 9.36 Å². The molecule has 2 aromatic heterocycles. The zero-order chi connectivity index (χ0) is 21.6. The van der Waals surface area contributed by atoms with Gasteiger partial charge in [-0.2, -0.15) is 0 Å². The Hall–Kier alpha value is -2.84. The lowest BCUT2D eigenvalue weighted by molar-refractivity contribution is 0.0643. The summed E-state index contributed by atoms with van der Waals surface area (Å²) in [6.45, 7) is 11.1. The van der Waals surface area contributed by atoms with Crippen LogP contribution in [0.2, 0.25) is 0 Å². The van der Waals surface area contributed by atoms with Crippen LogP contribution >= 0.6 is 11.8 Å². The Morgan fingerprint density at radius 3 is 2.58 bits per heavy atom. The van der Waals surface area contributed by atoms with Gasteiger partial charge in [-0.05, 0) is 36.4 Å². The van der Waals surface area contributed by atoms with Crippen molar-refractivity contribution < 1.29 is 9.21 Å². The van der Waals surface area contributed by atoms with Crippen LogP contribution in [-0.2, 0) is 12.3 Å². The van der Waals surface area contributed by atoms with Crippen molar-refractivity contribution in [1.29, 1.82) is 0 Å². The Labute approximate surface area is 186 Å². The zero-order valence-corrected chi connectivity index (χ0v) is 18.6. The number of carbonyl (C=O) groups is 1. The molecule has 162 valence electrons. The number of aromatic nitrogens is 3. The van der Waals surface area contributed by atoms with Gasteiger partial charge in [0, 0.05) is 44.0 Å². The van der Waals surface area contributed by atoms with Crippen molar-refractivity contribution in [2.24, 2.45) is 0 Å². The molecule has 1 aromatic carbocycles. The Kier molecular flexibility index (Phi) is 6.89. The van der Waals surface area contributed by atoms with Gasteiger partial charge >= 0.3 is 0 Å².